The molecule has 0 aromatic heterocycles. The molecule has 0 unspecified atom stereocenters. The van der Waals surface area contributed by atoms with E-state index in [0.717, 1.165) is 21.5 Å². The predicted molar refractivity (Wildman–Crippen MR) is 114 cm³/mol. The Hall–Kier alpha value is -1.52. The zero-order chi connectivity index (χ0) is 18.2. The lowest BCUT2D eigenvalue weighted by molar-refractivity contribution is 0.394. The molecule has 2 aromatic rings. The molecule has 2 aromatic carbocycles. The Morgan fingerprint density at radius 1 is 1.00 bits per heavy atom. The number of benzene rings is 2. The van der Waals surface area contributed by atoms with Crippen LogP contribution < -0.4 is 0 Å². The molecule has 0 heterocycles. The van der Waals surface area contributed by atoms with Crippen molar-refractivity contribution in [1.29, 1.82) is 0 Å². The second-order valence-electron chi connectivity index (χ2n) is 6.66. The van der Waals surface area contributed by atoms with Crippen molar-refractivity contribution >= 4 is 34.3 Å². The van der Waals surface area contributed by atoms with E-state index in [-0.39, 0.29) is 5.82 Å². The van der Waals surface area contributed by atoms with Gasteiger partial charge in [-0.3, -0.25) is 0 Å². The van der Waals surface area contributed by atoms with Crippen LogP contribution in [0.4, 0.5) is 10.1 Å². The maximum Gasteiger partial charge on any atom is 0.123 e. The third-order valence-corrected chi connectivity index (χ3v) is 6.56. The molecular weight excluding hydrogens is 361 g/mol. The lowest BCUT2D eigenvalue weighted by Crippen LogP contribution is -2.15. The lowest BCUT2D eigenvalue weighted by Gasteiger charge is -2.25. The van der Waals surface area contributed by atoms with Crippen LogP contribution >= 0.6 is 23.5 Å². The summed E-state index contributed by atoms with van der Waals surface area (Å²) in [5.74, 6) is 0.651. The molecule has 1 nitrogen and oxygen atoms in total. The van der Waals surface area contributed by atoms with Crippen molar-refractivity contribution < 1.29 is 4.39 Å². The van der Waals surface area contributed by atoms with Crippen molar-refractivity contribution in [2.75, 3.05) is 0 Å². The molecule has 1 fully saturated rings. The highest BCUT2D eigenvalue weighted by atomic mass is 32.2. The first-order valence-electron chi connectivity index (χ1n) is 9.08. The average molecular weight is 386 g/mol. The Kier molecular flexibility index (Phi) is 7.39. The van der Waals surface area contributed by atoms with Crippen LogP contribution in [0.3, 0.4) is 0 Å². The van der Waals surface area contributed by atoms with Gasteiger partial charge in [-0.15, -0.1) is 11.8 Å². The van der Waals surface area contributed by atoms with Gasteiger partial charge in [0, 0.05) is 10.1 Å². The molecule has 1 aliphatic carbocycles. The van der Waals surface area contributed by atoms with Gasteiger partial charge in [0.15, 0.2) is 0 Å². The fourth-order valence-corrected chi connectivity index (χ4v) is 4.82. The van der Waals surface area contributed by atoms with E-state index in [1.165, 1.54) is 37.8 Å². The van der Waals surface area contributed by atoms with Crippen LogP contribution in [0.1, 0.15) is 32.6 Å². The van der Waals surface area contributed by atoms with Crippen molar-refractivity contribution in [2.24, 2.45) is 10.9 Å². The fourth-order valence-electron chi connectivity index (χ4n) is 2.93. The summed E-state index contributed by atoms with van der Waals surface area (Å²) in [5, 5.41) is 3.74. The first kappa shape index (κ1) is 19.2. The van der Waals surface area contributed by atoms with Crippen LogP contribution in [-0.4, -0.2) is 10.3 Å². The highest BCUT2D eigenvalue weighted by Gasteiger charge is 2.19. The average Bonchev–Trinajstić information content (AvgIpc) is 2.66. The molecule has 0 bridgehead atoms. The molecule has 3 rings (SSSR count). The minimum Gasteiger partial charge on any atom is -0.242 e. The van der Waals surface area contributed by atoms with Crippen LogP contribution in [0.5, 0.6) is 0 Å². The number of hydrogen-bond donors (Lipinski definition) is 0. The second-order valence-corrected chi connectivity index (χ2v) is 8.96. The van der Waals surface area contributed by atoms with Crippen LogP contribution in [0.25, 0.3) is 0 Å². The smallest absolute Gasteiger partial charge is 0.123 e. The number of halogens is 1. The van der Waals surface area contributed by atoms with Crippen LogP contribution in [0.2, 0.25) is 0 Å². The molecular formula is C22H24FNS2. The van der Waals surface area contributed by atoms with Gasteiger partial charge in [0.2, 0.25) is 0 Å². The van der Waals surface area contributed by atoms with E-state index in [9.17, 15) is 4.39 Å². The van der Waals surface area contributed by atoms with Gasteiger partial charge in [0.1, 0.15) is 5.82 Å². The van der Waals surface area contributed by atoms with Gasteiger partial charge in [-0.05, 0) is 79.5 Å². The quantitative estimate of drug-likeness (QED) is 0.300. The fraction of sp³-hybridized carbons (Fsp3) is 0.318. The minimum absolute atomic E-state index is 0.202. The van der Waals surface area contributed by atoms with Crippen molar-refractivity contribution in [1.82, 2.24) is 0 Å². The maximum atomic E-state index is 13.0. The third-order valence-electron chi connectivity index (χ3n) is 4.47. The molecule has 136 valence electrons. The minimum atomic E-state index is -0.202. The van der Waals surface area contributed by atoms with Gasteiger partial charge in [0.05, 0.1) is 10.7 Å². The number of rotatable bonds is 5. The van der Waals surface area contributed by atoms with Crippen molar-refractivity contribution in [3.8, 4) is 0 Å². The van der Waals surface area contributed by atoms with Gasteiger partial charge in [-0.1, -0.05) is 36.9 Å². The van der Waals surface area contributed by atoms with Crippen LogP contribution in [-0.2, 0) is 0 Å². The highest BCUT2D eigenvalue weighted by molar-refractivity contribution is 8.15. The van der Waals surface area contributed by atoms with Gasteiger partial charge in [-0.25, -0.2) is 9.38 Å². The predicted octanol–water partition coefficient (Wildman–Crippen LogP) is 7.47. The monoisotopic (exact) mass is 385 g/mol. The van der Waals surface area contributed by atoms with Crippen molar-refractivity contribution in [3.63, 3.8) is 0 Å². The molecule has 0 aliphatic heterocycles. The molecule has 0 atom stereocenters. The Morgan fingerprint density at radius 2 is 1.69 bits per heavy atom. The first-order valence-corrected chi connectivity index (χ1v) is 10.8. The van der Waals surface area contributed by atoms with Gasteiger partial charge in [-0.2, -0.15) is 0 Å². The zero-order valence-electron chi connectivity index (χ0n) is 15.0. The zero-order valence-corrected chi connectivity index (χ0v) is 16.6. The highest BCUT2D eigenvalue weighted by Crippen LogP contribution is 2.33. The van der Waals surface area contributed by atoms with Gasteiger partial charge >= 0.3 is 0 Å². The molecule has 0 saturated heterocycles. The first-order chi connectivity index (χ1) is 12.7. The van der Waals surface area contributed by atoms with Crippen LogP contribution in [0.15, 0.2) is 76.0 Å². The SMILES string of the molecule is CC1CCC(SC(C=CSc2ccc(F)cc2)=Nc2ccccc2)CC1. The van der Waals surface area contributed by atoms with E-state index < -0.39 is 0 Å². The summed E-state index contributed by atoms with van der Waals surface area (Å²) in [6.45, 7) is 2.35. The Bertz CT molecular complexity index is 732. The molecule has 0 spiro atoms. The molecule has 0 N–H and O–H groups in total. The summed E-state index contributed by atoms with van der Waals surface area (Å²) in [6.07, 6.45) is 7.23. The van der Waals surface area contributed by atoms with E-state index in [2.05, 4.69) is 13.0 Å². The molecule has 0 amide bonds. The van der Waals surface area contributed by atoms with Gasteiger partial charge in [0.25, 0.3) is 0 Å². The molecule has 1 saturated carbocycles. The summed E-state index contributed by atoms with van der Waals surface area (Å²) in [5.41, 5.74) is 0.982. The summed E-state index contributed by atoms with van der Waals surface area (Å²) < 4.78 is 13.0. The van der Waals surface area contributed by atoms with E-state index in [0.29, 0.717) is 5.25 Å². The number of aliphatic imine (C=N–C) groups is 1. The molecule has 1 aliphatic rings. The summed E-state index contributed by atoms with van der Waals surface area (Å²) >= 11 is 3.48. The summed E-state index contributed by atoms with van der Waals surface area (Å²) in [4.78, 5) is 5.86. The molecule has 4 heteroatoms. The normalized spacial score (nSPS) is 21.2. The number of thioether (sulfide) groups is 2. The third kappa shape index (κ3) is 6.33. The standard InChI is InChI=1S/C22H24FNS2/c1-17-7-11-21(12-8-17)26-22(24-19-5-3-2-4-6-19)15-16-25-20-13-9-18(23)10-14-20/h2-6,9-10,13-17,21H,7-8,11-12H2,1H3. The Balaban J connectivity index is 1.68. The summed E-state index contributed by atoms with van der Waals surface area (Å²) in [7, 11) is 0. The Morgan fingerprint density at radius 3 is 2.38 bits per heavy atom. The maximum absolute atomic E-state index is 13.0. The number of hydrogen-bond acceptors (Lipinski definition) is 3. The van der Waals surface area contributed by atoms with E-state index in [1.807, 2.05) is 47.5 Å². The Labute approximate surface area is 164 Å². The van der Waals surface area contributed by atoms with E-state index >= 15 is 0 Å². The van der Waals surface area contributed by atoms with Crippen molar-refractivity contribution in [3.05, 3.63) is 71.9 Å². The topological polar surface area (TPSA) is 12.4 Å². The second kappa shape index (κ2) is 9.98. The van der Waals surface area contributed by atoms with E-state index in [1.54, 1.807) is 23.9 Å². The van der Waals surface area contributed by atoms with Gasteiger partial charge < -0.3 is 0 Å². The van der Waals surface area contributed by atoms with E-state index in [4.69, 9.17) is 4.99 Å². The van der Waals surface area contributed by atoms with Crippen molar-refractivity contribution in [2.45, 2.75) is 42.8 Å². The lowest BCUT2D eigenvalue weighted by atomic mass is 9.91. The largest absolute Gasteiger partial charge is 0.242 e. The molecule has 0 radical (unpaired) electrons. The number of para-hydroxylation sites is 1. The molecule has 26 heavy (non-hydrogen) atoms. The number of nitrogens with zero attached hydrogens (tertiary/aromatic N) is 1. The summed E-state index contributed by atoms with van der Waals surface area (Å²) in [6, 6.07) is 16.7. The van der Waals surface area contributed by atoms with Crippen LogP contribution in [0, 0.1) is 11.7 Å².